The Morgan fingerprint density at radius 1 is 1.30 bits per heavy atom. The monoisotopic (exact) mass is 279 g/mol. The summed E-state index contributed by atoms with van der Waals surface area (Å²) >= 11 is 0. The lowest BCUT2D eigenvalue weighted by atomic mass is 10.0. The molecule has 4 N–H and O–H groups in total. The summed E-state index contributed by atoms with van der Waals surface area (Å²) in [5.41, 5.74) is 7.35. The van der Waals surface area contributed by atoms with Crippen LogP contribution in [0.2, 0.25) is 0 Å². The van der Waals surface area contributed by atoms with Crippen LogP contribution in [0.15, 0.2) is 18.2 Å². The highest BCUT2D eigenvalue weighted by atomic mass is 16.5. The minimum Gasteiger partial charge on any atom is -0.467 e. The van der Waals surface area contributed by atoms with E-state index in [2.05, 4.69) is 10.6 Å². The van der Waals surface area contributed by atoms with Crippen molar-refractivity contribution in [3.05, 3.63) is 23.8 Å². The second-order valence-corrected chi connectivity index (χ2v) is 4.77. The molecule has 1 unspecified atom stereocenters. The standard InChI is InChI=1S/C14H21N3O3/c1-8(2)12(14(19)20-4)17-11-7-9(13(18)16-3)5-6-10(11)15/h5-8,12,17H,15H2,1-4H3,(H,16,18). The first-order chi connectivity index (χ1) is 9.40. The average Bonchev–Trinajstić information content (AvgIpc) is 2.44. The molecule has 110 valence electrons. The van der Waals surface area contributed by atoms with Gasteiger partial charge in [-0.05, 0) is 24.1 Å². The molecule has 1 amide bonds. The minimum atomic E-state index is -0.526. The van der Waals surface area contributed by atoms with Crippen LogP contribution < -0.4 is 16.4 Å². The molecule has 0 aromatic heterocycles. The number of methoxy groups -OCH3 is 1. The van der Waals surface area contributed by atoms with Gasteiger partial charge < -0.3 is 21.1 Å². The van der Waals surface area contributed by atoms with Crippen molar-refractivity contribution in [2.24, 2.45) is 5.92 Å². The summed E-state index contributed by atoms with van der Waals surface area (Å²) in [6, 6.07) is 4.35. The van der Waals surface area contributed by atoms with Crippen LogP contribution in [-0.2, 0) is 9.53 Å². The number of nitrogens with two attached hydrogens (primary N) is 1. The van der Waals surface area contributed by atoms with Crippen molar-refractivity contribution < 1.29 is 14.3 Å². The third-order valence-corrected chi connectivity index (χ3v) is 2.98. The quantitative estimate of drug-likeness (QED) is 0.557. The Morgan fingerprint density at radius 2 is 1.95 bits per heavy atom. The van der Waals surface area contributed by atoms with E-state index < -0.39 is 6.04 Å². The lowest BCUT2D eigenvalue weighted by Crippen LogP contribution is -2.35. The predicted octanol–water partition coefficient (Wildman–Crippen LogP) is 1.24. The van der Waals surface area contributed by atoms with Gasteiger partial charge in [0, 0.05) is 12.6 Å². The number of hydrogen-bond acceptors (Lipinski definition) is 5. The highest BCUT2D eigenvalue weighted by Crippen LogP contribution is 2.23. The van der Waals surface area contributed by atoms with Crippen LogP contribution in [0.1, 0.15) is 24.2 Å². The number of rotatable bonds is 5. The lowest BCUT2D eigenvalue weighted by Gasteiger charge is -2.22. The summed E-state index contributed by atoms with van der Waals surface area (Å²) < 4.78 is 4.76. The van der Waals surface area contributed by atoms with Gasteiger partial charge in [-0.2, -0.15) is 0 Å². The van der Waals surface area contributed by atoms with E-state index in [1.165, 1.54) is 7.11 Å². The van der Waals surface area contributed by atoms with Crippen LogP contribution in [0, 0.1) is 5.92 Å². The largest absolute Gasteiger partial charge is 0.467 e. The Morgan fingerprint density at radius 3 is 2.45 bits per heavy atom. The topological polar surface area (TPSA) is 93.5 Å². The molecule has 0 saturated heterocycles. The van der Waals surface area contributed by atoms with Gasteiger partial charge in [-0.25, -0.2) is 4.79 Å². The molecule has 0 aliphatic rings. The van der Waals surface area contributed by atoms with Crippen LogP contribution in [0.4, 0.5) is 11.4 Å². The summed E-state index contributed by atoms with van der Waals surface area (Å²) in [4.78, 5) is 23.4. The summed E-state index contributed by atoms with van der Waals surface area (Å²) in [7, 11) is 2.89. The van der Waals surface area contributed by atoms with Gasteiger partial charge >= 0.3 is 5.97 Å². The number of amides is 1. The number of carbonyl (C=O) groups is 2. The third-order valence-electron chi connectivity index (χ3n) is 2.98. The molecular formula is C14H21N3O3. The summed E-state index contributed by atoms with van der Waals surface area (Å²) in [6.45, 7) is 3.79. The van der Waals surface area contributed by atoms with Crippen LogP contribution in [0.3, 0.4) is 0 Å². The molecule has 0 spiro atoms. The molecule has 0 fully saturated rings. The van der Waals surface area contributed by atoms with Gasteiger partial charge in [-0.3, -0.25) is 4.79 Å². The van der Waals surface area contributed by atoms with Gasteiger partial charge in [0.25, 0.3) is 5.91 Å². The van der Waals surface area contributed by atoms with E-state index in [4.69, 9.17) is 10.5 Å². The molecule has 1 aromatic carbocycles. The Labute approximate surface area is 118 Å². The molecule has 6 nitrogen and oxygen atoms in total. The van der Waals surface area contributed by atoms with E-state index in [1.807, 2.05) is 13.8 Å². The maximum atomic E-state index is 11.7. The number of esters is 1. The molecule has 20 heavy (non-hydrogen) atoms. The SMILES string of the molecule is CNC(=O)c1ccc(N)c(NC(C(=O)OC)C(C)C)c1. The van der Waals surface area contributed by atoms with Crippen LogP contribution >= 0.6 is 0 Å². The first-order valence-electron chi connectivity index (χ1n) is 6.36. The molecule has 0 saturated carbocycles. The fourth-order valence-electron chi connectivity index (χ4n) is 1.76. The van der Waals surface area contributed by atoms with Crippen molar-refractivity contribution >= 4 is 23.3 Å². The normalized spacial score (nSPS) is 11.8. The Balaban J connectivity index is 3.05. The number of nitrogens with one attached hydrogen (secondary N) is 2. The van der Waals surface area contributed by atoms with E-state index in [1.54, 1.807) is 25.2 Å². The van der Waals surface area contributed by atoms with Gasteiger partial charge in [-0.15, -0.1) is 0 Å². The van der Waals surface area contributed by atoms with Gasteiger partial charge in [0.05, 0.1) is 18.5 Å². The maximum absolute atomic E-state index is 11.7. The smallest absolute Gasteiger partial charge is 0.328 e. The highest BCUT2D eigenvalue weighted by Gasteiger charge is 2.23. The average molecular weight is 279 g/mol. The van der Waals surface area contributed by atoms with Crippen LogP contribution in [0.25, 0.3) is 0 Å². The molecule has 6 heteroatoms. The maximum Gasteiger partial charge on any atom is 0.328 e. The Kier molecular flexibility index (Phi) is 5.37. The zero-order valence-corrected chi connectivity index (χ0v) is 12.2. The molecule has 0 heterocycles. The Bertz CT molecular complexity index is 500. The van der Waals surface area contributed by atoms with Crippen molar-refractivity contribution in [1.82, 2.24) is 5.32 Å². The highest BCUT2D eigenvalue weighted by molar-refractivity contribution is 5.96. The van der Waals surface area contributed by atoms with Gasteiger partial charge in [-0.1, -0.05) is 13.8 Å². The van der Waals surface area contributed by atoms with E-state index >= 15 is 0 Å². The molecule has 1 aromatic rings. The van der Waals surface area contributed by atoms with Crippen molar-refractivity contribution in [3.8, 4) is 0 Å². The summed E-state index contributed by atoms with van der Waals surface area (Å²) in [5, 5.41) is 5.58. The van der Waals surface area contributed by atoms with E-state index in [0.717, 1.165) is 0 Å². The number of ether oxygens (including phenoxy) is 1. The van der Waals surface area contributed by atoms with Crippen molar-refractivity contribution in [3.63, 3.8) is 0 Å². The zero-order chi connectivity index (χ0) is 15.3. The van der Waals surface area contributed by atoms with E-state index in [9.17, 15) is 9.59 Å². The zero-order valence-electron chi connectivity index (χ0n) is 12.2. The number of carbonyl (C=O) groups excluding carboxylic acids is 2. The number of hydrogen-bond donors (Lipinski definition) is 3. The minimum absolute atomic E-state index is 0.0190. The lowest BCUT2D eigenvalue weighted by molar-refractivity contribution is -0.142. The second kappa shape index (κ2) is 6.79. The van der Waals surface area contributed by atoms with Gasteiger partial charge in [0.2, 0.25) is 0 Å². The van der Waals surface area contributed by atoms with Crippen LogP contribution in [-0.4, -0.2) is 32.1 Å². The fourth-order valence-corrected chi connectivity index (χ4v) is 1.76. The molecule has 0 aliphatic heterocycles. The van der Waals surface area contributed by atoms with Gasteiger partial charge in [0.15, 0.2) is 0 Å². The molecule has 1 atom stereocenters. The van der Waals surface area contributed by atoms with Crippen molar-refractivity contribution in [2.75, 3.05) is 25.2 Å². The number of benzene rings is 1. The predicted molar refractivity (Wildman–Crippen MR) is 78.5 cm³/mol. The first-order valence-corrected chi connectivity index (χ1v) is 6.36. The number of nitrogen functional groups attached to an aromatic ring is 1. The molecule has 1 rings (SSSR count). The van der Waals surface area contributed by atoms with Crippen LogP contribution in [0.5, 0.6) is 0 Å². The molecule has 0 bridgehead atoms. The fraction of sp³-hybridized carbons (Fsp3) is 0.429. The van der Waals surface area contributed by atoms with E-state index in [0.29, 0.717) is 16.9 Å². The Hall–Kier alpha value is -2.24. The van der Waals surface area contributed by atoms with E-state index in [-0.39, 0.29) is 17.8 Å². The third kappa shape index (κ3) is 3.63. The molecule has 0 radical (unpaired) electrons. The first kappa shape index (κ1) is 15.8. The molecular weight excluding hydrogens is 258 g/mol. The van der Waals surface area contributed by atoms with Crippen molar-refractivity contribution in [2.45, 2.75) is 19.9 Å². The summed E-state index contributed by atoms with van der Waals surface area (Å²) in [6.07, 6.45) is 0. The summed E-state index contributed by atoms with van der Waals surface area (Å²) in [5.74, 6) is -0.567. The van der Waals surface area contributed by atoms with Crippen molar-refractivity contribution in [1.29, 1.82) is 0 Å². The number of anilines is 2. The molecule has 0 aliphatic carbocycles. The second-order valence-electron chi connectivity index (χ2n) is 4.77. The van der Waals surface area contributed by atoms with Gasteiger partial charge in [0.1, 0.15) is 6.04 Å².